The lowest BCUT2D eigenvalue weighted by atomic mass is 10.1. The van der Waals surface area contributed by atoms with Gasteiger partial charge in [0.2, 0.25) is 11.8 Å². The highest BCUT2D eigenvalue weighted by Gasteiger charge is 2.16. The van der Waals surface area contributed by atoms with Crippen molar-refractivity contribution in [2.75, 3.05) is 11.9 Å². The van der Waals surface area contributed by atoms with Gasteiger partial charge in [0.25, 0.3) is 0 Å². The van der Waals surface area contributed by atoms with Gasteiger partial charge in [-0.15, -0.1) is 0 Å². The number of rotatable bonds is 6. The first-order chi connectivity index (χ1) is 10.2. The summed E-state index contributed by atoms with van der Waals surface area (Å²) in [7, 11) is 0. The maximum atomic E-state index is 12.2. The topological polar surface area (TPSA) is 77.2 Å². The fourth-order valence-electron chi connectivity index (χ4n) is 1.92. The third kappa shape index (κ3) is 4.29. The van der Waals surface area contributed by atoms with Gasteiger partial charge in [-0.05, 0) is 31.0 Å². The number of ether oxygens (including phenoxy) is 1. The van der Waals surface area contributed by atoms with Crippen molar-refractivity contribution in [2.45, 2.75) is 19.4 Å². The van der Waals surface area contributed by atoms with E-state index >= 15 is 0 Å². The standard InChI is InChI=1S/C16H19N3O2/c1-2-21-16-14(9-6-10-18-16)19-15(20)13(17)11-12-7-4-3-5-8-12/h3-10,13H,2,11,17H2,1H3,(H,19,20)/t13-/m1/s1. The molecular formula is C16H19N3O2. The van der Waals surface area contributed by atoms with Crippen molar-refractivity contribution in [3.63, 3.8) is 0 Å². The summed E-state index contributed by atoms with van der Waals surface area (Å²) in [6.45, 7) is 2.34. The van der Waals surface area contributed by atoms with Crippen LogP contribution in [0.25, 0.3) is 0 Å². The quantitative estimate of drug-likeness (QED) is 0.851. The zero-order chi connectivity index (χ0) is 15.1. The van der Waals surface area contributed by atoms with E-state index in [2.05, 4.69) is 10.3 Å². The van der Waals surface area contributed by atoms with Crippen molar-refractivity contribution in [2.24, 2.45) is 5.73 Å². The van der Waals surface area contributed by atoms with Gasteiger partial charge in [0.05, 0.1) is 12.6 Å². The average molecular weight is 285 g/mol. The molecule has 5 nitrogen and oxygen atoms in total. The molecule has 0 bridgehead atoms. The summed E-state index contributed by atoms with van der Waals surface area (Å²) in [5, 5.41) is 2.76. The number of hydrogen-bond donors (Lipinski definition) is 2. The molecule has 5 heteroatoms. The van der Waals surface area contributed by atoms with Crippen molar-refractivity contribution < 1.29 is 9.53 Å². The fraction of sp³-hybridized carbons (Fsp3) is 0.250. The monoisotopic (exact) mass is 285 g/mol. The summed E-state index contributed by atoms with van der Waals surface area (Å²) in [5.41, 5.74) is 7.51. The van der Waals surface area contributed by atoms with Gasteiger partial charge in [0, 0.05) is 6.20 Å². The summed E-state index contributed by atoms with van der Waals surface area (Å²) < 4.78 is 5.37. The molecule has 1 aromatic carbocycles. The Bertz CT molecular complexity index is 587. The number of pyridine rings is 1. The van der Waals surface area contributed by atoms with E-state index < -0.39 is 6.04 Å². The van der Waals surface area contributed by atoms with Gasteiger partial charge in [-0.3, -0.25) is 4.79 Å². The van der Waals surface area contributed by atoms with Crippen LogP contribution in [0.2, 0.25) is 0 Å². The Labute approximate surface area is 124 Å². The molecule has 2 aromatic rings. The smallest absolute Gasteiger partial charge is 0.241 e. The van der Waals surface area contributed by atoms with E-state index in [1.54, 1.807) is 18.3 Å². The highest BCUT2D eigenvalue weighted by Crippen LogP contribution is 2.20. The van der Waals surface area contributed by atoms with Crippen LogP contribution in [0.1, 0.15) is 12.5 Å². The number of nitrogens with zero attached hydrogens (tertiary/aromatic N) is 1. The summed E-state index contributed by atoms with van der Waals surface area (Å²) in [4.78, 5) is 16.2. The Morgan fingerprint density at radius 3 is 2.76 bits per heavy atom. The van der Waals surface area contributed by atoms with Crippen molar-refractivity contribution in [1.29, 1.82) is 0 Å². The molecule has 0 saturated heterocycles. The SMILES string of the molecule is CCOc1ncccc1NC(=O)[C@H](N)Cc1ccccc1. The van der Waals surface area contributed by atoms with Crippen LogP contribution in [-0.4, -0.2) is 23.5 Å². The Balaban J connectivity index is 2.01. The first kappa shape index (κ1) is 15.0. The lowest BCUT2D eigenvalue weighted by Gasteiger charge is -2.14. The number of carbonyl (C=O) groups is 1. The number of aromatic nitrogens is 1. The van der Waals surface area contributed by atoms with Crippen LogP contribution >= 0.6 is 0 Å². The number of carbonyl (C=O) groups excluding carboxylic acids is 1. The number of anilines is 1. The Morgan fingerprint density at radius 2 is 2.05 bits per heavy atom. The second kappa shape index (κ2) is 7.40. The molecule has 1 aromatic heterocycles. The van der Waals surface area contributed by atoms with Crippen LogP contribution in [0, 0.1) is 0 Å². The van der Waals surface area contributed by atoms with E-state index in [0.29, 0.717) is 24.6 Å². The highest BCUT2D eigenvalue weighted by molar-refractivity contribution is 5.95. The molecule has 2 rings (SSSR count). The molecule has 0 saturated carbocycles. The van der Waals surface area contributed by atoms with Gasteiger partial charge >= 0.3 is 0 Å². The van der Waals surface area contributed by atoms with E-state index in [9.17, 15) is 4.79 Å². The minimum absolute atomic E-state index is 0.257. The van der Waals surface area contributed by atoms with E-state index in [1.165, 1.54) is 0 Å². The van der Waals surface area contributed by atoms with Gasteiger partial charge in [0.15, 0.2) is 0 Å². The van der Waals surface area contributed by atoms with Gasteiger partial charge in [0.1, 0.15) is 5.69 Å². The lowest BCUT2D eigenvalue weighted by molar-refractivity contribution is -0.117. The number of nitrogens with two attached hydrogens (primary N) is 1. The number of benzene rings is 1. The van der Waals surface area contributed by atoms with Crippen LogP contribution in [0.5, 0.6) is 5.88 Å². The minimum atomic E-state index is -0.623. The number of nitrogens with one attached hydrogen (secondary N) is 1. The predicted octanol–water partition coefficient (Wildman–Crippen LogP) is 1.99. The van der Waals surface area contributed by atoms with Crippen LogP contribution < -0.4 is 15.8 Å². The minimum Gasteiger partial charge on any atom is -0.476 e. The summed E-state index contributed by atoms with van der Waals surface area (Å²) in [6, 6.07) is 12.5. The second-order valence-electron chi connectivity index (χ2n) is 4.57. The first-order valence-electron chi connectivity index (χ1n) is 6.89. The molecule has 21 heavy (non-hydrogen) atoms. The highest BCUT2D eigenvalue weighted by atomic mass is 16.5. The molecule has 0 fully saturated rings. The third-order valence-corrected chi connectivity index (χ3v) is 2.95. The summed E-state index contributed by atoms with van der Waals surface area (Å²) in [5.74, 6) is 0.146. The molecule has 1 atom stereocenters. The molecule has 1 heterocycles. The molecule has 3 N–H and O–H groups in total. The van der Waals surface area contributed by atoms with Crippen LogP contribution in [0.15, 0.2) is 48.7 Å². The van der Waals surface area contributed by atoms with Gasteiger partial charge in [-0.1, -0.05) is 30.3 Å². The second-order valence-corrected chi connectivity index (χ2v) is 4.57. The normalized spacial score (nSPS) is 11.7. The maximum Gasteiger partial charge on any atom is 0.241 e. The lowest BCUT2D eigenvalue weighted by Crippen LogP contribution is -2.37. The van der Waals surface area contributed by atoms with Crippen molar-refractivity contribution in [3.8, 4) is 5.88 Å². The Morgan fingerprint density at radius 1 is 1.29 bits per heavy atom. The Kier molecular flexibility index (Phi) is 5.29. The number of hydrogen-bond acceptors (Lipinski definition) is 4. The zero-order valence-corrected chi connectivity index (χ0v) is 12.0. The molecule has 0 aliphatic heterocycles. The third-order valence-electron chi connectivity index (χ3n) is 2.95. The average Bonchev–Trinajstić information content (AvgIpc) is 2.50. The predicted molar refractivity (Wildman–Crippen MR) is 82.2 cm³/mol. The van der Waals surface area contributed by atoms with Crippen LogP contribution in [0.4, 0.5) is 5.69 Å². The van der Waals surface area contributed by atoms with E-state index in [0.717, 1.165) is 5.56 Å². The zero-order valence-electron chi connectivity index (χ0n) is 12.0. The molecule has 0 aliphatic carbocycles. The van der Waals surface area contributed by atoms with Gasteiger partial charge < -0.3 is 15.8 Å². The molecular weight excluding hydrogens is 266 g/mol. The van der Waals surface area contributed by atoms with Crippen molar-refractivity contribution >= 4 is 11.6 Å². The fourth-order valence-corrected chi connectivity index (χ4v) is 1.92. The molecule has 0 spiro atoms. The van der Waals surface area contributed by atoms with Crippen LogP contribution in [-0.2, 0) is 11.2 Å². The molecule has 0 aliphatic rings. The molecule has 0 unspecified atom stereocenters. The maximum absolute atomic E-state index is 12.2. The Hall–Kier alpha value is -2.40. The van der Waals surface area contributed by atoms with Gasteiger partial charge in [-0.2, -0.15) is 0 Å². The van der Waals surface area contributed by atoms with Gasteiger partial charge in [-0.25, -0.2) is 4.98 Å². The van der Waals surface area contributed by atoms with Crippen LogP contribution in [0.3, 0.4) is 0 Å². The first-order valence-corrected chi connectivity index (χ1v) is 6.89. The summed E-state index contributed by atoms with van der Waals surface area (Å²) in [6.07, 6.45) is 2.10. The van der Waals surface area contributed by atoms with Crippen molar-refractivity contribution in [3.05, 3.63) is 54.2 Å². The summed E-state index contributed by atoms with van der Waals surface area (Å²) >= 11 is 0. The van der Waals surface area contributed by atoms with Crippen molar-refractivity contribution in [1.82, 2.24) is 4.98 Å². The molecule has 1 amide bonds. The molecule has 0 radical (unpaired) electrons. The largest absolute Gasteiger partial charge is 0.476 e. The van der Waals surface area contributed by atoms with E-state index in [-0.39, 0.29) is 5.91 Å². The molecule has 110 valence electrons. The van der Waals surface area contributed by atoms with E-state index in [1.807, 2.05) is 37.3 Å². The number of amides is 1. The van der Waals surface area contributed by atoms with E-state index in [4.69, 9.17) is 10.5 Å².